The fourth-order valence-electron chi connectivity index (χ4n) is 1.82. The Kier molecular flexibility index (Phi) is 4.71. The highest BCUT2D eigenvalue weighted by atomic mass is 16.6. The molecule has 6 nitrogen and oxygen atoms in total. The molecule has 110 valence electrons. The summed E-state index contributed by atoms with van der Waals surface area (Å²) in [5.74, 6) is 0.776. The molecule has 0 amide bonds. The van der Waals surface area contributed by atoms with E-state index in [4.69, 9.17) is 4.74 Å². The SMILES string of the molecule is Cc1ccc(OCC(C)Nc2ccncc2[N+](=O)[O-])cc1. The highest BCUT2D eigenvalue weighted by Crippen LogP contribution is 2.22. The number of nitrogens with one attached hydrogen (secondary N) is 1. The van der Waals surface area contributed by atoms with Crippen LogP contribution in [0, 0.1) is 17.0 Å². The van der Waals surface area contributed by atoms with Crippen LogP contribution in [0.1, 0.15) is 12.5 Å². The van der Waals surface area contributed by atoms with Gasteiger partial charge in [-0.05, 0) is 32.0 Å². The topological polar surface area (TPSA) is 77.3 Å². The minimum Gasteiger partial charge on any atom is -0.491 e. The number of benzene rings is 1. The lowest BCUT2D eigenvalue weighted by Crippen LogP contribution is -2.24. The van der Waals surface area contributed by atoms with E-state index in [-0.39, 0.29) is 11.7 Å². The van der Waals surface area contributed by atoms with Crippen LogP contribution in [0.25, 0.3) is 0 Å². The maximum absolute atomic E-state index is 10.9. The Labute approximate surface area is 122 Å². The van der Waals surface area contributed by atoms with Crippen LogP contribution in [0.4, 0.5) is 11.4 Å². The van der Waals surface area contributed by atoms with Gasteiger partial charge in [-0.1, -0.05) is 17.7 Å². The van der Waals surface area contributed by atoms with Gasteiger partial charge < -0.3 is 10.1 Å². The highest BCUT2D eigenvalue weighted by Gasteiger charge is 2.15. The zero-order chi connectivity index (χ0) is 15.2. The normalized spacial score (nSPS) is 11.7. The number of anilines is 1. The molecule has 2 aromatic rings. The maximum Gasteiger partial charge on any atom is 0.310 e. The van der Waals surface area contributed by atoms with Crippen LogP contribution in [0.15, 0.2) is 42.7 Å². The molecular weight excluding hydrogens is 270 g/mol. The number of aromatic nitrogens is 1. The van der Waals surface area contributed by atoms with Crippen molar-refractivity contribution in [3.8, 4) is 5.75 Å². The minimum absolute atomic E-state index is 0.0420. The Balaban J connectivity index is 1.94. The molecular formula is C15H17N3O3. The third-order valence-electron chi connectivity index (χ3n) is 2.92. The van der Waals surface area contributed by atoms with Crippen molar-refractivity contribution in [2.45, 2.75) is 19.9 Å². The van der Waals surface area contributed by atoms with E-state index < -0.39 is 4.92 Å². The lowest BCUT2D eigenvalue weighted by Gasteiger charge is -2.16. The van der Waals surface area contributed by atoms with Gasteiger partial charge in [0, 0.05) is 6.20 Å². The van der Waals surface area contributed by atoms with Crippen molar-refractivity contribution in [3.05, 3.63) is 58.4 Å². The summed E-state index contributed by atoms with van der Waals surface area (Å²) in [5.41, 5.74) is 1.57. The number of aryl methyl sites for hydroxylation is 1. The predicted molar refractivity (Wildman–Crippen MR) is 80.7 cm³/mol. The minimum atomic E-state index is -0.455. The number of pyridine rings is 1. The Morgan fingerprint density at radius 1 is 1.33 bits per heavy atom. The number of rotatable bonds is 6. The van der Waals surface area contributed by atoms with Crippen LogP contribution in [-0.4, -0.2) is 22.6 Å². The standard InChI is InChI=1S/C15H17N3O3/c1-11-3-5-13(6-4-11)21-10-12(2)17-14-7-8-16-9-15(14)18(19)20/h3-9,12H,10H2,1-2H3,(H,16,17). The third kappa shape index (κ3) is 4.17. The van der Waals surface area contributed by atoms with Crippen molar-refractivity contribution in [2.75, 3.05) is 11.9 Å². The molecule has 0 aliphatic carbocycles. The monoisotopic (exact) mass is 287 g/mol. The summed E-state index contributed by atoms with van der Waals surface area (Å²) in [6.45, 7) is 4.32. The number of hydrogen-bond donors (Lipinski definition) is 1. The van der Waals surface area contributed by atoms with Crippen LogP contribution in [0.2, 0.25) is 0 Å². The van der Waals surface area contributed by atoms with E-state index in [0.29, 0.717) is 12.3 Å². The second-order valence-corrected chi connectivity index (χ2v) is 4.82. The largest absolute Gasteiger partial charge is 0.491 e. The molecule has 0 spiro atoms. The lowest BCUT2D eigenvalue weighted by atomic mass is 10.2. The molecule has 0 aliphatic rings. The fraction of sp³-hybridized carbons (Fsp3) is 0.267. The molecule has 0 fully saturated rings. The van der Waals surface area contributed by atoms with Crippen molar-refractivity contribution < 1.29 is 9.66 Å². The van der Waals surface area contributed by atoms with Crippen molar-refractivity contribution in [1.82, 2.24) is 4.98 Å². The molecule has 1 aromatic heterocycles. The van der Waals surface area contributed by atoms with Gasteiger partial charge in [0.05, 0.1) is 11.0 Å². The summed E-state index contributed by atoms with van der Waals surface area (Å²) in [5, 5.41) is 14.0. The summed E-state index contributed by atoms with van der Waals surface area (Å²) < 4.78 is 5.65. The van der Waals surface area contributed by atoms with E-state index in [1.165, 1.54) is 18.0 Å². The van der Waals surface area contributed by atoms with E-state index in [0.717, 1.165) is 5.75 Å². The molecule has 1 heterocycles. The average molecular weight is 287 g/mol. The summed E-state index contributed by atoms with van der Waals surface area (Å²) in [6.07, 6.45) is 2.75. The van der Waals surface area contributed by atoms with Crippen molar-refractivity contribution in [3.63, 3.8) is 0 Å². The van der Waals surface area contributed by atoms with Crippen molar-refractivity contribution >= 4 is 11.4 Å². The maximum atomic E-state index is 10.9. The highest BCUT2D eigenvalue weighted by molar-refractivity contribution is 5.60. The van der Waals surface area contributed by atoms with Crippen molar-refractivity contribution in [1.29, 1.82) is 0 Å². The molecule has 1 aromatic carbocycles. The second kappa shape index (κ2) is 6.69. The van der Waals surface area contributed by atoms with E-state index >= 15 is 0 Å². The third-order valence-corrected chi connectivity index (χ3v) is 2.92. The molecule has 21 heavy (non-hydrogen) atoms. The smallest absolute Gasteiger partial charge is 0.310 e. The average Bonchev–Trinajstić information content (AvgIpc) is 2.47. The first-order chi connectivity index (χ1) is 10.1. The molecule has 1 N–H and O–H groups in total. The molecule has 6 heteroatoms. The number of hydrogen-bond acceptors (Lipinski definition) is 5. The first-order valence-corrected chi connectivity index (χ1v) is 6.60. The van der Waals surface area contributed by atoms with Crippen LogP contribution in [0.3, 0.4) is 0 Å². The predicted octanol–water partition coefficient (Wildman–Crippen LogP) is 3.18. The van der Waals surface area contributed by atoms with Gasteiger partial charge in [0.25, 0.3) is 0 Å². The van der Waals surface area contributed by atoms with E-state index in [2.05, 4.69) is 10.3 Å². The molecule has 0 saturated heterocycles. The van der Waals surface area contributed by atoms with Gasteiger partial charge in [-0.15, -0.1) is 0 Å². The molecule has 0 aliphatic heterocycles. The van der Waals surface area contributed by atoms with Gasteiger partial charge in [-0.25, -0.2) is 0 Å². The van der Waals surface area contributed by atoms with Gasteiger partial charge in [0.15, 0.2) is 0 Å². The quantitative estimate of drug-likeness (QED) is 0.652. The molecule has 0 radical (unpaired) electrons. The Bertz CT molecular complexity index is 614. The lowest BCUT2D eigenvalue weighted by molar-refractivity contribution is -0.384. The Hall–Kier alpha value is -2.63. The van der Waals surface area contributed by atoms with E-state index in [1.54, 1.807) is 6.07 Å². The van der Waals surface area contributed by atoms with Crippen molar-refractivity contribution in [2.24, 2.45) is 0 Å². The van der Waals surface area contributed by atoms with Gasteiger partial charge in [-0.2, -0.15) is 0 Å². The molecule has 1 unspecified atom stereocenters. The van der Waals surface area contributed by atoms with E-state index in [1.807, 2.05) is 38.1 Å². The van der Waals surface area contributed by atoms with Crippen LogP contribution in [-0.2, 0) is 0 Å². The molecule has 2 rings (SSSR count). The van der Waals surface area contributed by atoms with E-state index in [9.17, 15) is 10.1 Å². The van der Waals surface area contributed by atoms with Gasteiger partial charge in [0.1, 0.15) is 24.2 Å². The summed E-state index contributed by atoms with van der Waals surface area (Å²) in [6, 6.07) is 9.25. The van der Waals surface area contributed by atoms with Crippen LogP contribution in [0.5, 0.6) is 5.75 Å². The molecule has 0 bridgehead atoms. The van der Waals surface area contributed by atoms with Gasteiger partial charge in [-0.3, -0.25) is 15.1 Å². The zero-order valence-electron chi connectivity index (χ0n) is 11.9. The zero-order valence-corrected chi connectivity index (χ0v) is 11.9. The number of nitrogens with zero attached hydrogens (tertiary/aromatic N) is 2. The van der Waals surface area contributed by atoms with Crippen LogP contribution >= 0.6 is 0 Å². The molecule has 0 saturated carbocycles. The molecule has 1 atom stereocenters. The van der Waals surface area contributed by atoms with Crippen LogP contribution < -0.4 is 10.1 Å². The van der Waals surface area contributed by atoms with Gasteiger partial charge in [0.2, 0.25) is 0 Å². The summed E-state index contributed by atoms with van der Waals surface area (Å²) >= 11 is 0. The Morgan fingerprint density at radius 3 is 2.71 bits per heavy atom. The summed E-state index contributed by atoms with van der Waals surface area (Å²) in [4.78, 5) is 14.2. The fourth-order valence-corrected chi connectivity index (χ4v) is 1.82. The first kappa shape index (κ1) is 14.8. The second-order valence-electron chi connectivity index (χ2n) is 4.82. The summed E-state index contributed by atoms with van der Waals surface area (Å²) in [7, 11) is 0. The Morgan fingerprint density at radius 2 is 2.05 bits per heavy atom. The number of nitro groups is 1. The first-order valence-electron chi connectivity index (χ1n) is 6.60. The number of ether oxygens (including phenoxy) is 1. The van der Waals surface area contributed by atoms with Gasteiger partial charge >= 0.3 is 5.69 Å².